The average Bonchev–Trinajstić information content (AvgIpc) is 2.84. The number of piperidine rings is 1. The zero-order valence-electron chi connectivity index (χ0n) is 19.0. The van der Waals surface area contributed by atoms with Gasteiger partial charge in [-0.1, -0.05) is 36.4 Å². The molecular formula is C26H29N3O3S. The van der Waals surface area contributed by atoms with Crippen LogP contribution in [0.1, 0.15) is 28.8 Å². The van der Waals surface area contributed by atoms with Crippen molar-refractivity contribution in [1.29, 1.82) is 0 Å². The molecule has 0 bridgehead atoms. The highest BCUT2D eigenvalue weighted by molar-refractivity contribution is 7.90. The highest BCUT2D eigenvalue weighted by Crippen LogP contribution is 2.22. The maximum Gasteiger partial charge on any atom is 0.253 e. The molecule has 2 aromatic carbocycles. The van der Waals surface area contributed by atoms with Crippen LogP contribution >= 0.6 is 0 Å². The first-order valence-corrected chi connectivity index (χ1v) is 13.0. The molecule has 2 heterocycles. The van der Waals surface area contributed by atoms with E-state index < -0.39 is 9.84 Å². The summed E-state index contributed by atoms with van der Waals surface area (Å²) in [5.41, 5.74) is 3.57. The fourth-order valence-electron chi connectivity index (χ4n) is 4.25. The highest BCUT2D eigenvalue weighted by Gasteiger charge is 2.25. The largest absolute Gasteiger partial charge is 0.339 e. The molecule has 7 heteroatoms. The van der Waals surface area contributed by atoms with E-state index in [0.717, 1.165) is 54.9 Å². The van der Waals surface area contributed by atoms with Crippen LogP contribution in [0.25, 0.3) is 11.3 Å². The second-order valence-electron chi connectivity index (χ2n) is 8.65. The van der Waals surface area contributed by atoms with Crippen LogP contribution in [-0.4, -0.2) is 61.5 Å². The molecule has 4 rings (SSSR count). The molecule has 0 radical (unpaired) electrons. The van der Waals surface area contributed by atoms with Crippen molar-refractivity contribution in [2.45, 2.75) is 30.3 Å². The molecule has 1 aliphatic rings. The second kappa shape index (κ2) is 9.85. The van der Waals surface area contributed by atoms with Crippen LogP contribution in [0.4, 0.5) is 0 Å². The SMILES string of the molecule is CN(Cc1ccc(-c2ccc(S(C)(=O)=O)cc2)nc1)C1CCN(C(=O)c2ccccc2)CC1. The standard InChI is InChI=1S/C26H29N3O3S/c1-28(23-14-16-29(17-15-23)26(30)22-6-4-3-5-7-22)19-20-8-13-25(27-18-20)21-9-11-24(12-10-21)33(2,31)32/h3-13,18,23H,14-17,19H2,1-2H3. The van der Waals surface area contributed by atoms with Gasteiger partial charge in [0.15, 0.2) is 9.84 Å². The molecule has 0 spiro atoms. The molecule has 33 heavy (non-hydrogen) atoms. The molecule has 1 aliphatic heterocycles. The molecule has 0 unspecified atom stereocenters. The van der Waals surface area contributed by atoms with Crippen molar-refractivity contribution in [3.63, 3.8) is 0 Å². The first-order valence-electron chi connectivity index (χ1n) is 11.1. The maximum atomic E-state index is 12.7. The number of carbonyl (C=O) groups is 1. The number of hydrogen-bond donors (Lipinski definition) is 0. The topological polar surface area (TPSA) is 70.6 Å². The second-order valence-corrected chi connectivity index (χ2v) is 10.7. The minimum atomic E-state index is -3.20. The van der Waals surface area contributed by atoms with Gasteiger partial charge in [0.05, 0.1) is 10.6 Å². The summed E-state index contributed by atoms with van der Waals surface area (Å²) in [7, 11) is -1.08. The van der Waals surface area contributed by atoms with E-state index in [1.165, 1.54) is 6.26 Å². The maximum absolute atomic E-state index is 12.7. The van der Waals surface area contributed by atoms with Crippen molar-refractivity contribution < 1.29 is 13.2 Å². The molecule has 3 aromatic rings. The van der Waals surface area contributed by atoms with Gasteiger partial charge in [0.1, 0.15) is 0 Å². The third-order valence-electron chi connectivity index (χ3n) is 6.23. The molecule has 0 atom stereocenters. The highest BCUT2D eigenvalue weighted by atomic mass is 32.2. The molecule has 6 nitrogen and oxygen atoms in total. The van der Waals surface area contributed by atoms with Crippen molar-refractivity contribution >= 4 is 15.7 Å². The summed E-state index contributed by atoms with van der Waals surface area (Å²) in [6, 6.07) is 20.7. The molecule has 1 fully saturated rings. The zero-order chi connectivity index (χ0) is 23.4. The van der Waals surface area contributed by atoms with Crippen LogP contribution in [-0.2, 0) is 16.4 Å². The Bertz CT molecular complexity index is 1190. The van der Waals surface area contributed by atoms with Gasteiger partial charge in [-0.2, -0.15) is 0 Å². The normalized spacial score (nSPS) is 15.1. The quantitative estimate of drug-likeness (QED) is 0.555. The number of benzene rings is 2. The van der Waals surface area contributed by atoms with Crippen LogP contribution in [0.5, 0.6) is 0 Å². The molecule has 0 saturated carbocycles. The first-order chi connectivity index (χ1) is 15.8. The van der Waals surface area contributed by atoms with Gasteiger partial charge in [-0.25, -0.2) is 8.42 Å². The first kappa shape index (κ1) is 23.1. The summed E-state index contributed by atoms with van der Waals surface area (Å²) >= 11 is 0. The Kier molecular flexibility index (Phi) is 6.91. The molecule has 0 aliphatic carbocycles. The average molecular weight is 464 g/mol. The molecule has 0 N–H and O–H groups in total. The number of rotatable bonds is 6. The number of aromatic nitrogens is 1. The van der Waals surface area contributed by atoms with Crippen molar-refractivity contribution in [1.82, 2.24) is 14.8 Å². The lowest BCUT2D eigenvalue weighted by Gasteiger charge is -2.36. The van der Waals surface area contributed by atoms with Crippen molar-refractivity contribution in [2.24, 2.45) is 0 Å². The van der Waals surface area contributed by atoms with Gasteiger partial charge in [-0.15, -0.1) is 0 Å². The summed E-state index contributed by atoms with van der Waals surface area (Å²) in [5.74, 6) is 0.112. The lowest BCUT2D eigenvalue weighted by Crippen LogP contribution is -2.45. The van der Waals surface area contributed by atoms with Crippen LogP contribution in [0.2, 0.25) is 0 Å². The zero-order valence-corrected chi connectivity index (χ0v) is 19.8. The summed E-state index contributed by atoms with van der Waals surface area (Å²) in [6.07, 6.45) is 4.99. The Morgan fingerprint density at radius 3 is 2.24 bits per heavy atom. The van der Waals surface area contributed by atoms with Crippen molar-refractivity contribution in [2.75, 3.05) is 26.4 Å². The van der Waals surface area contributed by atoms with E-state index in [1.807, 2.05) is 47.5 Å². The lowest BCUT2D eigenvalue weighted by molar-refractivity contribution is 0.0639. The summed E-state index contributed by atoms with van der Waals surface area (Å²) in [6.45, 7) is 2.32. The monoisotopic (exact) mass is 463 g/mol. The number of sulfone groups is 1. The minimum absolute atomic E-state index is 0.112. The van der Waals surface area contributed by atoms with Gasteiger partial charge < -0.3 is 4.90 Å². The van der Waals surface area contributed by atoms with E-state index in [9.17, 15) is 13.2 Å². The number of likely N-dealkylation sites (tertiary alicyclic amines) is 1. The molecule has 1 amide bonds. The summed E-state index contributed by atoms with van der Waals surface area (Å²) < 4.78 is 23.3. The summed E-state index contributed by atoms with van der Waals surface area (Å²) in [5, 5.41) is 0. The Labute approximate surface area is 195 Å². The van der Waals surface area contributed by atoms with Gasteiger partial charge >= 0.3 is 0 Å². The van der Waals surface area contributed by atoms with Gasteiger partial charge in [0, 0.05) is 49.3 Å². The predicted octanol–water partition coefficient (Wildman–Crippen LogP) is 3.89. The number of carbonyl (C=O) groups excluding carboxylic acids is 1. The smallest absolute Gasteiger partial charge is 0.253 e. The van der Waals surface area contributed by atoms with E-state index >= 15 is 0 Å². The fraction of sp³-hybridized carbons (Fsp3) is 0.308. The third-order valence-corrected chi connectivity index (χ3v) is 7.36. The van der Waals surface area contributed by atoms with Crippen LogP contribution in [0.3, 0.4) is 0 Å². The number of hydrogen-bond acceptors (Lipinski definition) is 5. The number of nitrogens with zero attached hydrogens (tertiary/aromatic N) is 3. The van der Waals surface area contributed by atoms with E-state index in [4.69, 9.17) is 0 Å². The minimum Gasteiger partial charge on any atom is -0.339 e. The fourth-order valence-corrected chi connectivity index (χ4v) is 4.88. The van der Waals surface area contributed by atoms with Crippen LogP contribution < -0.4 is 0 Å². The van der Waals surface area contributed by atoms with E-state index in [1.54, 1.807) is 24.3 Å². The lowest BCUT2D eigenvalue weighted by atomic mass is 10.0. The molecular weight excluding hydrogens is 434 g/mol. The van der Waals surface area contributed by atoms with Crippen LogP contribution in [0, 0.1) is 0 Å². The van der Waals surface area contributed by atoms with Crippen molar-refractivity contribution in [3.8, 4) is 11.3 Å². The van der Waals surface area contributed by atoms with Crippen LogP contribution in [0.15, 0.2) is 77.8 Å². The summed E-state index contributed by atoms with van der Waals surface area (Å²) in [4.78, 5) is 21.8. The van der Waals surface area contributed by atoms with E-state index in [-0.39, 0.29) is 5.91 Å². The molecule has 172 valence electrons. The van der Waals surface area contributed by atoms with Crippen molar-refractivity contribution in [3.05, 3.63) is 84.1 Å². The number of amides is 1. The van der Waals surface area contributed by atoms with Gasteiger partial charge in [-0.3, -0.25) is 14.7 Å². The van der Waals surface area contributed by atoms with Gasteiger partial charge in [-0.05, 0) is 55.8 Å². The Morgan fingerprint density at radius 1 is 1.00 bits per heavy atom. The Balaban J connectivity index is 1.32. The van der Waals surface area contributed by atoms with E-state index in [2.05, 4.69) is 23.0 Å². The predicted molar refractivity (Wildman–Crippen MR) is 130 cm³/mol. The van der Waals surface area contributed by atoms with Gasteiger partial charge in [0.2, 0.25) is 0 Å². The Morgan fingerprint density at radius 2 is 1.67 bits per heavy atom. The van der Waals surface area contributed by atoms with Gasteiger partial charge in [0.25, 0.3) is 5.91 Å². The van der Waals surface area contributed by atoms with E-state index in [0.29, 0.717) is 10.9 Å². The number of pyridine rings is 1. The molecule has 1 aromatic heterocycles. The molecule has 1 saturated heterocycles. The third kappa shape index (κ3) is 5.67. The Hall–Kier alpha value is -3.03.